The molecule has 3 nitrogen and oxygen atoms in total. The molecule has 1 aromatic carbocycles. The molecule has 1 heterocycles. The van der Waals surface area contributed by atoms with Crippen LogP contribution in [0.5, 0.6) is 0 Å². The van der Waals surface area contributed by atoms with Crippen LogP contribution in [0.1, 0.15) is 18.0 Å². The Hall–Kier alpha value is -0.550. The minimum absolute atomic E-state index is 0.0260. The van der Waals surface area contributed by atoms with Gasteiger partial charge in [0.1, 0.15) is 0 Å². The molecule has 1 atom stereocenters. The van der Waals surface area contributed by atoms with Crippen LogP contribution in [-0.2, 0) is 4.74 Å². The van der Waals surface area contributed by atoms with Gasteiger partial charge in [0.25, 0.3) is 0 Å². The third kappa shape index (κ3) is 2.52. The molecule has 0 aromatic heterocycles. The fourth-order valence-electron chi connectivity index (χ4n) is 1.54. The standard InChI is InChI=1S/C10H9Br2NO2/c11-6-1-2-8(12)7(5-6)9-3-4-15-10(14)13-9/h1-2,5,9H,3-4H2,(H,13,14)/t9-/m0/s1. The zero-order valence-electron chi connectivity index (χ0n) is 7.80. The molecular weight excluding hydrogens is 326 g/mol. The monoisotopic (exact) mass is 333 g/mol. The lowest BCUT2D eigenvalue weighted by Crippen LogP contribution is -2.35. The van der Waals surface area contributed by atoms with Gasteiger partial charge in [0.15, 0.2) is 0 Å². The first kappa shape index (κ1) is 11.0. The SMILES string of the molecule is O=C1N[C@H](c2cc(Br)ccc2Br)CCO1. The molecule has 0 radical (unpaired) electrons. The lowest BCUT2D eigenvalue weighted by atomic mass is 10.0. The number of benzene rings is 1. The Morgan fingerprint density at radius 1 is 1.40 bits per heavy atom. The van der Waals surface area contributed by atoms with Gasteiger partial charge in [0.05, 0.1) is 12.6 Å². The van der Waals surface area contributed by atoms with E-state index < -0.39 is 0 Å². The molecule has 0 bridgehead atoms. The second-order valence-electron chi connectivity index (χ2n) is 3.29. The summed E-state index contributed by atoms with van der Waals surface area (Å²) in [6.45, 7) is 0.468. The van der Waals surface area contributed by atoms with Crippen LogP contribution in [-0.4, -0.2) is 12.7 Å². The van der Waals surface area contributed by atoms with Gasteiger partial charge in [0.2, 0.25) is 0 Å². The number of cyclic esters (lactones) is 1. The number of halogens is 2. The number of carbonyl (C=O) groups is 1. The zero-order chi connectivity index (χ0) is 10.8. The normalized spacial score (nSPS) is 20.7. The molecule has 5 heteroatoms. The summed E-state index contributed by atoms with van der Waals surface area (Å²) in [6.07, 6.45) is 0.443. The van der Waals surface area contributed by atoms with E-state index in [-0.39, 0.29) is 12.1 Å². The van der Waals surface area contributed by atoms with Gasteiger partial charge in [-0.2, -0.15) is 0 Å². The van der Waals surface area contributed by atoms with Gasteiger partial charge >= 0.3 is 6.09 Å². The first-order valence-corrected chi connectivity index (χ1v) is 6.13. The lowest BCUT2D eigenvalue weighted by Gasteiger charge is -2.24. The highest BCUT2D eigenvalue weighted by molar-refractivity contribution is 9.11. The number of hydrogen-bond acceptors (Lipinski definition) is 2. The lowest BCUT2D eigenvalue weighted by molar-refractivity contribution is 0.115. The van der Waals surface area contributed by atoms with Crippen LogP contribution in [0.15, 0.2) is 27.1 Å². The Morgan fingerprint density at radius 3 is 2.93 bits per heavy atom. The Balaban J connectivity index is 2.27. The van der Waals surface area contributed by atoms with E-state index in [1.54, 1.807) is 0 Å². The van der Waals surface area contributed by atoms with Gasteiger partial charge in [0, 0.05) is 15.4 Å². The van der Waals surface area contributed by atoms with E-state index in [1.807, 2.05) is 18.2 Å². The molecular formula is C10H9Br2NO2. The number of hydrogen-bond donors (Lipinski definition) is 1. The molecule has 2 rings (SSSR count). The van der Waals surface area contributed by atoms with Crippen molar-refractivity contribution in [2.24, 2.45) is 0 Å². The predicted molar refractivity (Wildman–Crippen MR) is 63.7 cm³/mol. The molecule has 0 aliphatic carbocycles. The Kier molecular flexibility index (Phi) is 3.31. The van der Waals surface area contributed by atoms with E-state index >= 15 is 0 Å². The summed E-state index contributed by atoms with van der Waals surface area (Å²) in [5.74, 6) is 0. The maximum atomic E-state index is 11.1. The predicted octanol–water partition coefficient (Wildman–Crippen LogP) is 3.38. The zero-order valence-corrected chi connectivity index (χ0v) is 11.0. The van der Waals surface area contributed by atoms with Crippen LogP contribution in [0.2, 0.25) is 0 Å². The minimum Gasteiger partial charge on any atom is -0.449 e. The van der Waals surface area contributed by atoms with Gasteiger partial charge < -0.3 is 10.1 Å². The third-order valence-electron chi connectivity index (χ3n) is 2.27. The van der Waals surface area contributed by atoms with Crippen molar-refractivity contribution in [3.63, 3.8) is 0 Å². The van der Waals surface area contributed by atoms with Gasteiger partial charge in [-0.1, -0.05) is 31.9 Å². The quantitative estimate of drug-likeness (QED) is 0.855. The minimum atomic E-state index is -0.349. The van der Waals surface area contributed by atoms with Gasteiger partial charge in [-0.05, 0) is 23.8 Å². The molecule has 1 aliphatic rings. The van der Waals surface area contributed by atoms with Crippen LogP contribution in [0.4, 0.5) is 4.79 Å². The molecule has 80 valence electrons. The highest BCUT2D eigenvalue weighted by atomic mass is 79.9. The van der Waals surface area contributed by atoms with E-state index in [0.29, 0.717) is 6.61 Å². The number of alkyl carbamates (subject to hydrolysis) is 1. The summed E-state index contributed by atoms with van der Waals surface area (Å²) in [7, 11) is 0. The van der Waals surface area contributed by atoms with Crippen LogP contribution < -0.4 is 5.32 Å². The Labute approximate surface area is 104 Å². The van der Waals surface area contributed by atoms with Crippen LogP contribution >= 0.6 is 31.9 Å². The largest absolute Gasteiger partial charge is 0.449 e. The molecule has 1 fully saturated rings. The maximum absolute atomic E-state index is 11.1. The van der Waals surface area contributed by atoms with Crippen molar-refractivity contribution in [3.05, 3.63) is 32.7 Å². The van der Waals surface area contributed by atoms with E-state index in [4.69, 9.17) is 4.74 Å². The number of rotatable bonds is 1. The van der Waals surface area contributed by atoms with Gasteiger partial charge in [-0.3, -0.25) is 0 Å². The van der Waals surface area contributed by atoms with Crippen molar-refractivity contribution in [1.82, 2.24) is 5.32 Å². The molecule has 1 aromatic rings. The van der Waals surface area contributed by atoms with Crippen LogP contribution in [0, 0.1) is 0 Å². The average Bonchev–Trinajstić information content (AvgIpc) is 2.22. The number of ether oxygens (including phenoxy) is 1. The van der Waals surface area contributed by atoms with Crippen molar-refractivity contribution in [2.75, 3.05) is 6.61 Å². The van der Waals surface area contributed by atoms with Crippen molar-refractivity contribution in [2.45, 2.75) is 12.5 Å². The van der Waals surface area contributed by atoms with Crippen LogP contribution in [0.25, 0.3) is 0 Å². The summed E-state index contributed by atoms with van der Waals surface area (Å²) < 4.78 is 6.82. The second kappa shape index (κ2) is 4.53. The smallest absolute Gasteiger partial charge is 0.407 e. The fourth-order valence-corrected chi connectivity index (χ4v) is 2.44. The maximum Gasteiger partial charge on any atom is 0.407 e. The Bertz CT molecular complexity index is 395. The van der Waals surface area contributed by atoms with Crippen molar-refractivity contribution < 1.29 is 9.53 Å². The summed E-state index contributed by atoms with van der Waals surface area (Å²) >= 11 is 6.89. The molecule has 0 unspecified atom stereocenters. The van der Waals surface area contributed by atoms with Crippen LogP contribution in [0.3, 0.4) is 0 Å². The van der Waals surface area contributed by atoms with Crippen molar-refractivity contribution >= 4 is 38.0 Å². The number of amides is 1. The molecule has 1 amide bonds. The topological polar surface area (TPSA) is 38.3 Å². The first-order valence-electron chi connectivity index (χ1n) is 4.55. The molecule has 1 aliphatic heterocycles. The highest BCUT2D eigenvalue weighted by Crippen LogP contribution is 2.29. The summed E-state index contributed by atoms with van der Waals surface area (Å²) in [6, 6.07) is 5.94. The molecule has 1 saturated heterocycles. The number of nitrogens with one attached hydrogen (secondary N) is 1. The van der Waals surface area contributed by atoms with E-state index in [1.165, 1.54) is 0 Å². The van der Waals surface area contributed by atoms with E-state index in [2.05, 4.69) is 37.2 Å². The number of carbonyl (C=O) groups excluding carboxylic acids is 1. The molecule has 1 N–H and O–H groups in total. The highest BCUT2D eigenvalue weighted by Gasteiger charge is 2.22. The van der Waals surface area contributed by atoms with Gasteiger partial charge in [-0.25, -0.2) is 4.79 Å². The molecule has 0 spiro atoms. The van der Waals surface area contributed by atoms with E-state index in [0.717, 1.165) is 20.9 Å². The van der Waals surface area contributed by atoms with Crippen molar-refractivity contribution in [1.29, 1.82) is 0 Å². The fraction of sp³-hybridized carbons (Fsp3) is 0.300. The average molecular weight is 335 g/mol. The molecule has 0 saturated carbocycles. The molecule has 15 heavy (non-hydrogen) atoms. The summed E-state index contributed by atoms with van der Waals surface area (Å²) in [4.78, 5) is 11.1. The first-order chi connectivity index (χ1) is 7.16. The second-order valence-corrected chi connectivity index (χ2v) is 5.06. The Morgan fingerprint density at radius 2 is 2.20 bits per heavy atom. The van der Waals surface area contributed by atoms with Crippen molar-refractivity contribution in [3.8, 4) is 0 Å². The van der Waals surface area contributed by atoms with E-state index in [9.17, 15) is 4.79 Å². The third-order valence-corrected chi connectivity index (χ3v) is 3.48. The summed E-state index contributed by atoms with van der Waals surface area (Å²) in [5.41, 5.74) is 1.07. The summed E-state index contributed by atoms with van der Waals surface area (Å²) in [5, 5.41) is 2.79. The van der Waals surface area contributed by atoms with Gasteiger partial charge in [-0.15, -0.1) is 0 Å².